The average Bonchev–Trinajstić information content (AvgIpc) is 1.31. The molecule has 0 aliphatic carbocycles. The van der Waals surface area contributed by atoms with Crippen LogP contribution in [0.4, 0.5) is 51.2 Å². The zero-order chi connectivity index (χ0) is 59.2. The summed E-state index contributed by atoms with van der Waals surface area (Å²) in [6.45, 7) is 32.2. The topological polar surface area (TPSA) is 27.8 Å². The second kappa shape index (κ2) is 19.5. The third-order valence-corrected chi connectivity index (χ3v) is 18.3. The molecule has 0 unspecified atom stereocenters. The summed E-state index contributed by atoms with van der Waals surface area (Å²) in [5.74, 6) is 0.888. The van der Waals surface area contributed by atoms with Gasteiger partial charge >= 0.3 is 0 Å². The summed E-state index contributed by atoms with van der Waals surface area (Å²) >= 11 is 0. The first-order valence-electron chi connectivity index (χ1n) is 30.3. The minimum Gasteiger partial charge on any atom is -0.456 e. The van der Waals surface area contributed by atoms with Gasteiger partial charge in [0, 0.05) is 72.9 Å². The molecule has 12 aromatic rings. The molecule has 0 N–H and O–H groups in total. The smallest absolute Gasteiger partial charge is 0.252 e. The maximum Gasteiger partial charge on any atom is 0.252 e. The van der Waals surface area contributed by atoms with Crippen LogP contribution in [0.2, 0.25) is 0 Å². The van der Waals surface area contributed by atoms with Gasteiger partial charge in [0.05, 0.1) is 16.7 Å². The lowest BCUT2D eigenvalue weighted by Gasteiger charge is -2.45. The van der Waals surface area contributed by atoms with E-state index in [0.717, 1.165) is 73.1 Å². The lowest BCUT2D eigenvalue weighted by Crippen LogP contribution is -2.61. The molecule has 2 aliphatic rings. The Morgan fingerprint density at radius 2 is 0.988 bits per heavy atom. The molecule has 0 fully saturated rings. The van der Waals surface area contributed by atoms with Crippen LogP contribution in [-0.4, -0.2) is 11.3 Å². The Balaban J connectivity index is 1.06. The SMILES string of the molecule is Cc1cc2c3c(c1)N(c1cc(C)c(-c4cc5ccccc5o4)c(C)c1)c1cc(N(c4ccc5c6ccccc6n(-c6ccccc6)c5c4)c4c(C)cc(C(C)(C)C)cc4C)ccc1B3c1cc(C(C)(C)C)ccc1N2c1ccc(C(C)(C)C)cc1. The summed E-state index contributed by atoms with van der Waals surface area (Å²) in [7, 11) is 0. The fourth-order valence-corrected chi connectivity index (χ4v) is 14.1. The van der Waals surface area contributed by atoms with E-state index in [9.17, 15) is 0 Å². The van der Waals surface area contributed by atoms with Crippen molar-refractivity contribution >= 4 is 107 Å². The van der Waals surface area contributed by atoms with Crippen LogP contribution in [0.25, 0.3) is 49.8 Å². The Morgan fingerprint density at radius 1 is 0.400 bits per heavy atom. The molecule has 2 aromatic heterocycles. The van der Waals surface area contributed by atoms with E-state index in [2.05, 4.69) is 310 Å². The van der Waals surface area contributed by atoms with Crippen molar-refractivity contribution in [3.05, 3.63) is 245 Å². The van der Waals surface area contributed by atoms with Gasteiger partial charge in [0.2, 0.25) is 0 Å². The van der Waals surface area contributed by atoms with Gasteiger partial charge in [-0.3, -0.25) is 0 Å². The predicted molar refractivity (Wildman–Crippen MR) is 364 cm³/mol. The highest BCUT2D eigenvalue weighted by atomic mass is 16.3. The molecule has 420 valence electrons. The molecule has 0 saturated carbocycles. The Kier molecular flexibility index (Phi) is 12.4. The zero-order valence-corrected chi connectivity index (χ0v) is 51.8. The van der Waals surface area contributed by atoms with Crippen LogP contribution >= 0.6 is 0 Å². The molecule has 0 atom stereocenters. The minimum absolute atomic E-state index is 0.0184. The number of anilines is 9. The van der Waals surface area contributed by atoms with E-state index in [-0.39, 0.29) is 23.0 Å². The maximum atomic E-state index is 6.65. The second-order valence-electron chi connectivity index (χ2n) is 27.4. The summed E-state index contributed by atoms with van der Waals surface area (Å²) in [6.07, 6.45) is 0. The van der Waals surface area contributed by atoms with Gasteiger partial charge in [0.25, 0.3) is 6.71 Å². The fraction of sp³-hybridized carbons (Fsp3) is 0.215. The van der Waals surface area contributed by atoms with Gasteiger partial charge in [-0.1, -0.05) is 165 Å². The maximum absolute atomic E-state index is 6.65. The Labute approximate surface area is 502 Å². The summed E-state index contributed by atoms with van der Waals surface area (Å²) in [5.41, 5.74) is 29.6. The van der Waals surface area contributed by atoms with Crippen molar-refractivity contribution in [3.8, 4) is 17.0 Å². The number of furan rings is 1. The molecule has 2 aliphatic heterocycles. The summed E-state index contributed by atoms with van der Waals surface area (Å²) in [4.78, 5) is 7.70. The van der Waals surface area contributed by atoms with Crippen molar-refractivity contribution < 1.29 is 4.42 Å². The molecule has 10 aromatic carbocycles. The molecule has 0 spiro atoms. The molecular formula is C79H75BN4O. The van der Waals surface area contributed by atoms with Gasteiger partial charge in [-0.2, -0.15) is 0 Å². The van der Waals surface area contributed by atoms with E-state index in [1.807, 2.05) is 6.07 Å². The van der Waals surface area contributed by atoms with Crippen LogP contribution in [0.5, 0.6) is 0 Å². The first-order chi connectivity index (χ1) is 40.6. The number of hydrogen-bond donors (Lipinski definition) is 0. The van der Waals surface area contributed by atoms with Crippen LogP contribution in [0.1, 0.15) is 107 Å². The number of rotatable bonds is 7. The molecule has 0 amide bonds. The van der Waals surface area contributed by atoms with E-state index < -0.39 is 0 Å². The van der Waals surface area contributed by atoms with Crippen LogP contribution in [0.3, 0.4) is 0 Å². The second-order valence-corrected chi connectivity index (χ2v) is 27.4. The van der Waals surface area contributed by atoms with Gasteiger partial charge in [0.15, 0.2) is 0 Å². The van der Waals surface area contributed by atoms with Crippen LogP contribution in [-0.2, 0) is 16.2 Å². The molecular weight excluding hydrogens is 1030 g/mol. The highest BCUT2D eigenvalue weighted by molar-refractivity contribution is 7.00. The molecule has 0 saturated heterocycles. The van der Waals surface area contributed by atoms with Crippen LogP contribution in [0.15, 0.2) is 205 Å². The number of fused-ring (bicyclic) bond motifs is 8. The lowest BCUT2D eigenvalue weighted by atomic mass is 9.33. The standard InChI is InChI=1S/C79H75BN4O/c1-48-38-70-75-71(39-48)84(61-42-49(2)74(50(3)43-61)73-44-53-22-18-21-27-72(53)85-73)69-47-60(34-36-64(69)80(75)65-45-55(78(9,10)11)30-37-67(65)83(70)58-31-28-54(29-32-58)77(6,7)8)81(76-51(4)40-56(41-52(76)5)79(12,13)14)59-33-35-63-62-25-19-20-26-66(62)82(68(63)46-59)57-23-16-15-17-24-57/h15-47H,1-14H3. The highest BCUT2D eigenvalue weighted by Gasteiger charge is 2.44. The molecule has 4 heterocycles. The van der Waals surface area contributed by atoms with Gasteiger partial charge in [0.1, 0.15) is 11.3 Å². The zero-order valence-electron chi connectivity index (χ0n) is 51.8. The van der Waals surface area contributed by atoms with E-state index in [1.165, 1.54) is 88.8 Å². The summed E-state index contributed by atoms with van der Waals surface area (Å²) < 4.78 is 9.09. The van der Waals surface area contributed by atoms with Crippen molar-refractivity contribution in [2.75, 3.05) is 14.7 Å². The van der Waals surface area contributed by atoms with Crippen molar-refractivity contribution in [1.29, 1.82) is 0 Å². The van der Waals surface area contributed by atoms with Crippen molar-refractivity contribution in [3.63, 3.8) is 0 Å². The third-order valence-electron chi connectivity index (χ3n) is 18.3. The van der Waals surface area contributed by atoms with E-state index >= 15 is 0 Å². The van der Waals surface area contributed by atoms with Crippen LogP contribution in [0, 0.1) is 34.6 Å². The van der Waals surface area contributed by atoms with Crippen molar-refractivity contribution in [2.45, 2.75) is 113 Å². The highest BCUT2D eigenvalue weighted by Crippen LogP contribution is 2.50. The Hall–Kier alpha value is -9.00. The molecule has 85 heavy (non-hydrogen) atoms. The fourth-order valence-electron chi connectivity index (χ4n) is 14.1. The molecule has 14 rings (SSSR count). The molecule has 0 bridgehead atoms. The Bertz CT molecular complexity index is 4590. The van der Waals surface area contributed by atoms with Crippen LogP contribution < -0.4 is 31.1 Å². The van der Waals surface area contributed by atoms with Crippen molar-refractivity contribution in [2.24, 2.45) is 0 Å². The van der Waals surface area contributed by atoms with Crippen molar-refractivity contribution in [1.82, 2.24) is 4.57 Å². The van der Waals surface area contributed by atoms with Gasteiger partial charge in [-0.05, 0) is 209 Å². The number of nitrogens with zero attached hydrogens (tertiary/aromatic N) is 4. The molecule has 6 heteroatoms. The quantitative estimate of drug-likeness (QED) is 0.149. The lowest BCUT2D eigenvalue weighted by molar-refractivity contribution is 0.589. The van der Waals surface area contributed by atoms with Gasteiger partial charge in [-0.25, -0.2) is 0 Å². The molecule has 5 nitrogen and oxygen atoms in total. The first-order valence-corrected chi connectivity index (χ1v) is 30.3. The Morgan fingerprint density at radius 3 is 1.66 bits per heavy atom. The first kappa shape index (κ1) is 54.0. The predicted octanol–water partition coefficient (Wildman–Crippen LogP) is 20.2. The summed E-state index contributed by atoms with van der Waals surface area (Å²) in [5, 5.41) is 3.56. The number of para-hydroxylation sites is 3. The van der Waals surface area contributed by atoms with E-state index in [1.54, 1.807) is 0 Å². The molecule has 0 radical (unpaired) electrons. The number of hydrogen-bond acceptors (Lipinski definition) is 4. The average molecular weight is 1110 g/mol. The van der Waals surface area contributed by atoms with Gasteiger partial charge < -0.3 is 23.7 Å². The number of aromatic nitrogens is 1. The monoisotopic (exact) mass is 1110 g/mol. The normalized spacial score (nSPS) is 13.2. The van der Waals surface area contributed by atoms with E-state index in [4.69, 9.17) is 4.42 Å². The largest absolute Gasteiger partial charge is 0.456 e. The van der Waals surface area contributed by atoms with Gasteiger partial charge in [-0.15, -0.1) is 0 Å². The van der Waals surface area contributed by atoms with E-state index in [0.29, 0.717) is 0 Å². The number of aryl methyl sites for hydroxylation is 5. The third kappa shape index (κ3) is 8.89. The minimum atomic E-state index is -0.0826. The summed E-state index contributed by atoms with van der Waals surface area (Å²) in [6, 6.07) is 75.9. The number of benzene rings is 10.